The van der Waals surface area contributed by atoms with Gasteiger partial charge in [0.2, 0.25) is 10.0 Å². The van der Waals surface area contributed by atoms with Crippen LogP contribution in [0.3, 0.4) is 0 Å². The van der Waals surface area contributed by atoms with Gasteiger partial charge in [-0.1, -0.05) is 7.43 Å². The third kappa shape index (κ3) is 10.3. The van der Waals surface area contributed by atoms with E-state index < -0.39 is 10.0 Å². The lowest BCUT2D eigenvalue weighted by atomic mass is 10.0. The number of morpholine rings is 1. The van der Waals surface area contributed by atoms with Gasteiger partial charge in [-0.15, -0.1) is 0 Å². The average Bonchev–Trinajstić information content (AvgIpc) is 2.48. The Bertz CT molecular complexity index is 392. The summed E-state index contributed by atoms with van der Waals surface area (Å²) < 4.78 is 35.1. The van der Waals surface area contributed by atoms with Gasteiger partial charge in [0, 0.05) is 31.8 Å². The maximum atomic E-state index is 10.9. The fourth-order valence-corrected chi connectivity index (χ4v) is 3.33. The number of ether oxygens (including phenoxy) is 2. The minimum absolute atomic E-state index is 0. The molecule has 0 aromatic carbocycles. The normalized spacial score (nSPS) is 27.8. The molecule has 4 unspecified atom stereocenters. The van der Waals surface area contributed by atoms with Crippen molar-refractivity contribution >= 4 is 10.0 Å². The van der Waals surface area contributed by atoms with Gasteiger partial charge in [0.25, 0.3) is 0 Å². The van der Waals surface area contributed by atoms with Gasteiger partial charge in [-0.25, -0.2) is 13.1 Å². The lowest BCUT2D eigenvalue weighted by Gasteiger charge is -2.28. The van der Waals surface area contributed by atoms with Crippen molar-refractivity contribution < 1.29 is 17.9 Å². The van der Waals surface area contributed by atoms with Crippen molar-refractivity contribution in [3.63, 3.8) is 0 Å². The fraction of sp³-hybridized carbons (Fsp3) is 1.00. The summed E-state index contributed by atoms with van der Waals surface area (Å²) >= 11 is 0. The Labute approximate surface area is 141 Å². The van der Waals surface area contributed by atoms with E-state index in [4.69, 9.17) is 15.2 Å². The Kier molecular flexibility index (Phi) is 11.2. The van der Waals surface area contributed by atoms with Crippen molar-refractivity contribution in [2.45, 2.75) is 64.8 Å². The molecule has 0 amide bonds. The molecule has 0 bridgehead atoms. The molecule has 2 fully saturated rings. The van der Waals surface area contributed by atoms with Gasteiger partial charge in [-0.2, -0.15) is 0 Å². The molecule has 2 aliphatic heterocycles. The van der Waals surface area contributed by atoms with Crippen molar-refractivity contribution in [3.05, 3.63) is 0 Å². The standard InChI is InChI=1S/C7H16N2O3S.C7H15NO.CH4/c1-6(9-13(2,10)11)7-5-8-3-4-12-7;1-6(8)7-4-2-3-5-9-7;/h6-9H,3-5H2,1-2H3;6-7H,2-5,8H2,1H3;1H4. The Morgan fingerprint density at radius 2 is 1.83 bits per heavy atom. The molecule has 2 heterocycles. The number of hydrogen-bond donors (Lipinski definition) is 3. The average molecular weight is 354 g/mol. The highest BCUT2D eigenvalue weighted by atomic mass is 32.2. The van der Waals surface area contributed by atoms with Gasteiger partial charge < -0.3 is 20.5 Å². The van der Waals surface area contributed by atoms with E-state index in [1.54, 1.807) is 6.92 Å². The van der Waals surface area contributed by atoms with Crippen LogP contribution < -0.4 is 15.8 Å². The van der Waals surface area contributed by atoms with Crippen molar-refractivity contribution in [2.24, 2.45) is 5.73 Å². The van der Waals surface area contributed by atoms with Crippen LogP contribution in [0.25, 0.3) is 0 Å². The van der Waals surface area contributed by atoms with E-state index >= 15 is 0 Å². The summed E-state index contributed by atoms with van der Waals surface area (Å²) in [6, 6.07) is 0.0353. The fourth-order valence-electron chi connectivity index (χ4n) is 2.50. The van der Waals surface area contributed by atoms with Gasteiger partial charge in [0.05, 0.1) is 25.1 Å². The summed E-state index contributed by atoms with van der Waals surface area (Å²) in [4.78, 5) is 0. The summed E-state index contributed by atoms with van der Waals surface area (Å²) in [5, 5.41) is 3.14. The largest absolute Gasteiger partial charge is 0.377 e. The Hall–Kier alpha value is -0.250. The maximum Gasteiger partial charge on any atom is 0.209 e. The number of nitrogens with one attached hydrogen (secondary N) is 2. The minimum Gasteiger partial charge on any atom is -0.377 e. The van der Waals surface area contributed by atoms with Crippen LogP contribution in [0.5, 0.6) is 0 Å². The van der Waals surface area contributed by atoms with Crippen LogP contribution in [0.1, 0.15) is 40.5 Å². The van der Waals surface area contributed by atoms with Crippen LogP contribution >= 0.6 is 0 Å². The first-order valence-corrected chi connectivity index (χ1v) is 9.85. The molecule has 0 spiro atoms. The molecule has 23 heavy (non-hydrogen) atoms. The zero-order chi connectivity index (χ0) is 16.6. The van der Waals surface area contributed by atoms with Crippen LogP contribution in [-0.4, -0.2) is 65.3 Å². The third-order valence-corrected chi connectivity index (χ3v) is 4.52. The van der Waals surface area contributed by atoms with Gasteiger partial charge in [-0.05, 0) is 33.1 Å². The highest BCUT2D eigenvalue weighted by Crippen LogP contribution is 2.14. The quantitative estimate of drug-likeness (QED) is 0.678. The number of rotatable bonds is 4. The molecule has 2 aliphatic rings. The van der Waals surface area contributed by atoms with Crippen LogP contribution in [-0.2, 0) is 19.5 Å². The predicted octanol–water partition coefficient (Wildman–Crippen LogP) is 0.451. The van der Waals surface area contributed by atoms with E-state index in [0.29, 0.717) is 19.3 Å². The van der Waals surface area contributed by atoms with E-state index in [0.717, 1.165) is 25.8 Å². The molecule has 2 rings (SSSR count). The second-order valence-corrected chi connectivity index (χ2v) is 7.84. The molecule has 4 N–H and O–H groups in total. The van der Waals surface area contributed by atoms with Crippen molar-refractivity contribution in [1.29, 1.82) is 0 Å². The Morgan fingerprint density at radius 1 is 1.17 bits per heavy atom. The summed E-state index contributed by atoms with van der Waals surface area (Å²) in [7, 11) is -3.13. The molecular formula is C15H35N3O4S. The summed E-state index contributed by atoms with van der Waals surface area (Å²) in [6.07, 6.45) is 5.06. The molecule has 7 nitrogen and oxygen atoms in total. The zero-order valence-electron chi connectivity index (χ0n) is 13.9. The summed E-state index contributed by atoms with van der Waals surface area (Å²) in [6.45, 7) is 6.90. The predicted molar refractivity (Wildman–Crippen MR) is 94.0 cm³/mol. The highest BCUT2D eigenvalue weighted by Gasteiger charge is 2.22. The summed E-state index contributed by atoms with van der Waals surface area (Å²) in [5.41, 5.74) is 5.64. The van der Waals surface area contributed by atoms with Gasteiger partial charge in [0.15, 0.2) is 0 Å². The lowest BCUT2D eigenvalue weighted by molar-refractivity contribution is 0.00403. The Morgan fingerprint density at radius 3 is 2.22 bits per heavy atom. The van der Waals surface area contributed by atoms with E-state index in [1.165, 1.54) is 12.8 Å². The van der Waals surface area contributed by atoms with Gasteiger partial charge in [0.1, 0.15) is 0 Å². The smallest absolute Gasteiger partial charge is 0.209 e. The molecule has 8 heteroatoms. The molecule has 0 aromatic heterocycles. The maximum absolute atomic E-state index is 10.9. The second kappa shape index (κ2) is 11.3. The molecular weight excluding hydrogens is 318 g/mol. The summed E-state index contributed by atoms with van der Waals surface area (Å²) in [5.74, 6) is 0. The monoisotopic (exact) mass is 353 g/mol. The highest BCUT2D eigenvalue weighted by molar-refractivity contribution is 7.88. The van der Waals surface area contributed by atoms with E-state index in [9.17, 15) is 8.42 Å². The lowest BCUT2D eigenvalue weighted by Crippen LogP contribution is -2.50. The Balaban J connectivity index is 0.000000427. The van der Waals surface area contributed by atoms with Crippen LogP contribution in [0.2, 0.25) is 0 Å². The number of hydrogen-bond acceptors (Lipinski definition) is 6. The first-order chi connectivity index (χ1) is 10.3. The van der Waals surface area contributed by atoms with Crippen molar-refractivity contribution in [1.82, 2.24) is 10.0 Å². The molecule has 4 atom stereocenters. The number of nitrogens with two attached hydrogens (primary N) is 1. The molecule has 0 aromatic rings. The SMILES string of the molecule is C.CC(N)C1CCCCO1.CC(NS(C)(=O)=O)C1CNCCO1. The molecule has 140 valence electrons. The van der Waals surface area contributed by atoms with Crippen molar-refractivity contribution in [2.75, 3.05) is 32.6 Å². The van der Waals surface area contributed by atoms with E-state index in [-0.39, 0.29) is 25.6 Å². The van der Waals surface area contributed by atoms with Crippen LogP contribution in [0.15, 0.2) is 0 Å². The van der Waals surface area contributed by atoms with E-state index in [1.807, 2.05) is 6.92 Å². The third-order valence-electron chi connectivity index (χ3n) is 3.72. The number of sulfonamides is 1. The molecule has 0 saturated carbocycles. The zero-order valence-corrected chi connectivity index (χ0v) is 14.7. The van der Waals surface area contributed by atoms with E-state index in [2.05, 4.69) is 10.0 Å². The van der Waals surface area contributed by atoms with Gasteiger partial charge in [-0.3, -0.25) is 0 Å². The minimum atomic E-state index is -3.13. The van der Waals surface area contributed by atoms with Crippen LogP contribution in [0.4, 0.5) is 0 Å². The van der Waals surface area contributed by atoms with Gasteiger partial charge >= 0.3 is 0 Å². The molecule has 0 radical (unpaired) electrons. The van der Waals surface area contributed by atoms with Crippen molar-refractivity contribution in [3.8, 4) is 0 Å². The molecule has 2 saturated heterocycles. The molecule has 0 aliphatic carbocycles. The first-order valence-electron chi connectivity index (χ1n) is 7.96. The first kappa shape index (κ1) is 22.8. The second-order valence-electron chi connectivity index (χ2n) is 6.06. The van der Waals surface area contributed by atoms with Crippen LogP contribution in [0, 0.1) is 0 Å². The topological polar surface area (TPSA) is 103 Å².